The summed E-state index contributed by atoms with van der Waals surface area (Å²) in [6, 6.07) is 9.76. The van der Waals surface area contributed by atoms with Gasteiger partial charge in [-0.1, -0.05) is 20.4 Å². The van der Waals surface area contributed by atoms with E-state index in [4.69, 9.17) is 5.73 Å². The standard InChI is InChI=1S/C20H26FN3O2S/c1-13-10-18(11-14(2)19(13)22)27(25,26)24-17-8-6-16(7-9-17)23-15(3)20(4,5)12-21/h6-11,23-24H,3,12,22H2,1-2,4-5H3. The Kier molecular flexibility index (Phi) is 5.85. The molecule has 0 heterocycles. The van der Waals surface area contributed by atoms with Crippen LogP contribution in [-0.2, 0) is 10.0 Å². The van der Waals surface area contributed by atoms with Crippen LogP contribution < -0.4 is 15.8 Å². The van der Waals surface area contributed by atoms with Crippen LogP contribution in [0.25, 0.3) is 0 Å². The van der Waals surface area contributed by atoms with Gasteiger partial charge >= 0.3 is 0 Å². The number of allylic oxidation sites excluding steroid dienone is 1. The minimum atomic E-state index is -3.73. The summed E-state index contributed by atoms with van der Waals surface area (Å²) in [6.07, 6.45) is 0. The molecule has 0 unspecified atom stereocenters. The largest absolute Gasteiger partial charge is 0.398 e. The number of nitrogens with one attached hydrogen (secondary N) is 2. The lowest BCUT2D eigenvalue weighted by Crippen LogP contribution is -2.21. The Morgan fingerprint density at radius 1 is 1.11 bits per heavy atom. The summed E-state index contributed by atoms with van der Waals surface area (Å²) in [4.78, 5) is 0.159. The lowest BCUT2D eigenvalue weighted by Gasteiger charge is -2.24. The Labute approximate surface area is 160 Å². The lowest BCUT2D eigenvalue weighted by atomic mass is 9.91. The number of halogens is 1. The molecule has 0 radical (unpaired) electrons. The number of benzene rings is 2. The molecule has 2 rings (SSSR count). The smallest absolute Gasteiger partial charge is 0.261 e. The Bertz CT molecular complexity index is 929. The molecule has 2 aromatic rings. The SMILES string of the molecule is C=C(Nc1ccc(NS(=O)(=O)c2cc(C)c(N)c(C)c2)cc1)C(C)(C)CF. The molecule has 2 aromatic carbocycles. The normalized spacial score (nSPS) is 11.9. The van der Waals surface area contributed by atoms with Gasteiger partial charge in [0.1, 0.15) is 0 Å². The first-order valence-electron chi connectivity index (χ1n) is 8.48. The third-order valence-electron chi connectivity index (χ3n) is 4.46. The predicted molar refractivity (Wildman–Crippen MR) is 110 cm³/mol. The van der Waals surface area contributed by atoms with Gasteiger partial charge in [-0.2, -0.15) is 0 Å². The van der Waals surface area contributed by atoms with Crippen LogP contribution in [0.4, 0.5) is 21.5 Å². The second-order valence-corrected chi connectivity index (χ2v) is 8.96. The molecule has 0 aliphatic heterocycles. The number of alkyl halides is 1. The van der Waals surface area contributed by atoms with Gasteiger partial charge in [-0.15, -0.1) is 0 Å². The second kappa shape index (κ2) is 7.60. The monoisotopic (exact) mass is 391 g/mol. The summed E-state index contributed by atoms with van der Waals surface area (Å²) in [7, 11) is -3.73. The predicted octanol–water partition coefficient (Wildman–Crippen LogP) is 4.61. The number of aryl methyl sites for hydroxylation is 2. The molecule has 0 aromatic heterocycles. The fraction of sp³-hybridized carbons (Fsp3) is 0.300. The quantitative estimate of drug-likeness (QED) is 0.602. The molecule has 0 aliphatic carbocycles. The summed E-state index contributed by atoms with van der Waals surface area (Å²) >= 11 is 0. The molecule has 0 bridgehead atoms. The first-order valence-corrected chi connectivity index (χ1v) is 9.96. The van der Waals surface area contributed by atoms with E-state index >= 15 is 0 Å². The summed E-state index contributed by atoms with van der Waals surface area (Å²) in [6.45, 7) is 10.4. The van der Waals surface area contributed by atoms with Crippen molar-refractivity contribution in [3.8, 4) is 0 Å². The minimum Gasteiger partial charge on any atom is -0.398 e. The first-order chi connectivity index (χ1) is 12.5. The molecular formula is C20H26FN3O2S. The molecule has 146 valence electrons. The number of sulfonamides is 1. The van der Waals surface area contributed by atoms with E-state index in [1.165, 1.54) is 0 Å². The summed E-state index contributed by atoms with van der Waals surface area (Å²) in [5.41, 5.74) is 8.87. The third-order valence-corrected chi connectivity index (χ3v) is 5.82. The van der Waals surface area contributed by atoms with Crippen molar-refractivity contribution in [3.63, 3.8) is 0 Å². The average molecular weight is 392 g/mol. The van der Waals surface area contributed by atoms with Crippen molar-refractivity contribution < 1.29 is 12.8 Å². The van der Waals surface area contributed by atoms with E-state index in [0.717, 1.165) is 0 Å². The van der Waals surface area contributed by atoms with Gasteiger partial charge in [-0.3, -0.25) is 9.11 Å². The number of anilines is 3. The Morgan fingerprint density at radius 2 is 1.59 bits per heavy atom. The van der Waals surface area contributed by atoms with Crippen molar-refractivity contribution >= 4 is 27.1 Å². The maximum atomic E-state index is 13.0. The zero-order chi connectivity index (χ0) is 20.4. The van der Waals surface area contributed by atoms with Gasteiger partial charge in [0, 0.05) is 28.2 Å². The fourth-order valence-electron chi connectivity index (χ4n) is 2.35. The highest BCUT2D eigenvalue weighted by atomic mass is 32.2. The van der Waals surface area contributed by atoms with Gasteiger partial charge in [0.25, 0.3) is 10.0 Å². The van der Waals surface area contributed by atoms with Crippen LogP contribution in [0.1, 0.15) is 25.0 Å². The maximum absolute atomic E-state index is 13.0. The molecule has 0 saturated carbocycles. The molecule has 0 atom stereocenters. The highest BCUT2D eigenvalue weighted by Gasteiger charge is 2.22. The molecular weight excluding hydrogens is 365 g/mol. The molecule has 0 spiro atoms. The second-order valence-electron chi connectivity index (χ2n) is 7.27. The van der Waals surface area contributed by atoms with Gasteiger partial charge in [-0.05, 0) is 61.4 Å². The number of nitrogen functional groups attached to an aromatic ring is 1. The molecule has 0 saturated heterocycles. The molecule has 0 amide bonds. The van der Waals surface area contributed by atoms with Crippen LogP contribution in [0, 0.1) is 19.3 Å². The van der Waals surface area contributed by atoms with E-state index in [1.54, 1.807) is 64.1 Å². The molecule has 4 N–H and O–H groups in total. The first kappa shape index (κ1) is 20.8. The van der Waals surface area contributed by atoms with E-state index < -0.39 is 22.1 Å². The van der Waals surface area contributed by atoms with Crippen molar-refractivity contribution in [3.05, 3.63) is 59.8 Å². The Balaban J connectivity index is 2.17. The van der Waals surface area contributed by atoms with Crippen molar-refractivity contribution in [2.75, 3.05) is 22.4 Å². The third kappa shape index (κ3) is 4.80. The van der Waals surface area contributed by atoms with Crippen molar-refractivity contribution in [1.82, 2.24) is 0 Å². The zero-order valence-corrected chi connectivity index (χ0v) is 16.9. The molecule has 0 aliphatic rings. The van der Waals surface area contributed by atoms with Crippen molar-refractivity contribution in [2.24, 2.45) is 5.41 Å². The highest BCUT2D eigenvalue weighted by Crippen LogP contribution is 2.28. The summed E-state index contributed by atoms with van der Waals surface area (Å²) in [5.74, 6) is 0. The zero-order valence-electron chi connectivity index (χ0n) is 16.1. The molecule has 5 nitrogen and oxygen atoms in total. The minimum absolute atomic E-state index is 0.159. The van der Waals surface area contributed by atoms with E-state index in [2.05, 4.69) is 16.6 Å². The van der Waals surface area contributed by atoms with Gasteiger partial charge in [0.05, 0.1) is 11.6 Å². The molecule has 7 heteroatoms. The topological polar surface area (TPSA) is 84.2 Å². The average Bonchev–Trinajstić information content (AvgIpc) is 2.60. The Morgan fingerprint density at radius 3 is 2.07 bits per heavy atom. The van der Waals surface area contributed by atoms with Crippen LogP contribution in [0.3, 0.4) is 0 Å². The van der Waals surface area contributed by atoms with Crippen LogP contribution in [0.15, 0.2) is 53.6 Å². The number of hydrogen-bond acceptors (Lipinski definition) is 4. The van der Waals surface area contributed by atoms with Crippen molar-refractivity contribution in [1.29, 1.82) is 0 Å². The molecule has 27 heavy (non-hydrogen) atoms. The van der Waals surface area contributed by atoms with E-state index in [0.29, 0.717) is 33.9 Å². The Hall–Kier alpha value is -2.54. The number of hydrogen-bond donors (Lipinski definition) is 3. The van der Waals surface area contributed by atoms with Gasteiger partial charge < -0.3 is 11.1 Å². The number of nitrogens with two attached hydrogens (primary N) is 1. The number of rotatable bonds is 7. The highest BCUT2D eigenvalue weighted by molar-refractivity contribution is 7.92. The van der Waals surface area contributed by atoms with E-state index in [-0.39, 0.29) is 4.90 Å². The van der Waals surface area contributed by atoms with Crippen LogP contribution >= 0.6 is 0 Å². The van der Waals surface area contributed by atoms with Gasteiger partial charge in [0.15, 0.2) is 0 Å². The van der Waals surface area contributed by atoms with Crippen molar-refractivity contribution in [2.45, 2.75) is 32.6 Å². The summed E-state index contributed by atoms with van der Waals surface area (Å²) < 4.78 is 40.8. The van der Waals surface area contributed by atoms with Crippen LogP contribution in [-0.4, -0.2) is 15.1 Å². The fourth-order valence-corrected chi connectivity index (χ4v) is 3.58. The molecule has 0 fully saturated rings. The van der Waals surface area contributed by atoms with Gasteiger partial charge in [0.2, 0.25) is 0 Å². The van der Waals surface area contributed by atoms with Gasteiger partial charge in [-0.25, -0.2) is 8.42 Å². The van der Waals surface area contributed by atoms with Crippen LogP contribution in [0.5, 0.6) is 0 Å². The van der Waals surface area contributed by atoms with E-state index in [1.807, 2.05) is 0 Å². The van der Waals surface area contributed by atoms with Crippen LogP contribution in [0.2, 0.25) is 0 Å². The maximum Gasteiger partial charge on any atom is 0.261 e. The lowest BCUT2D eigenvalue weighted by molar-refractivity contribution is 0.308. The van der Waals surface area contributed by atoms with E-state index in [9.17, 15) is 12.8 Å². The summed E-state index contributed by atoms with van der Waals surface area (Å²) in [5, 5.41) is 3.05.